The van der Waals surface area contributed by atoms with Gasteiger partial charge in [-0.2, -0.15) is 0 Å². The van der Waals surface area contributed by atoms with Crippen molar-refractivity contribution < 1.29 is 29.1 Å². The Balaban J connectivity index is 5.50. The van der Waals surface area contributed by atoms with Crippen molar-refractivity contribution in [3.63, 3.8) is 0 Å². The summed E-state index contributed by atoms with van der Waals surface area (Å²) in [5.41, 5.74) is 11.0. The maximum Gasteiger partial charge on any atom is 0.326 e. The average molecular weight is 486 g/mol. The van der Waals surface area contributed by atoms with Crippen molar-refractivity contribution in [2.45, 2.75) is 97.8 Å². The van der Waals surface area contributed by atoms with Crippen LogP contribution in [0.1, 0.15) is 73.6 Å². The van der Waals surface area contributed by atoms with Crippen molar-refractivity contribution >= 4 is 29.6 Å². The molecule has 4 unspecified atom stereocenters. The van der Waals surface area contributed by atoms with Gasteiger partial charge in [0.1, 0.15) is 18.1 Å². The quantitative estimate of drug-likeness (QED) is 0.180. The minimum absolute atomic E-state index is 0.00236. The maximum absolute atomic E-state index is 13.1. The molecule has 196 valence electrons. The lowest BCUT2D eigenvalue weighted by Gasteiger charge is -2.27. The normalized spacial score (nSPS) is 14.9. The highest BCUT2D eigenvalue weighted by Crippen LogP contribution is 2.11. The second-order valence-electron chi connectivity index (χ2n) is 10.0. The summed E-state index contributed by atoms with van der Waals surface area (Å²) in [6, 6.07) is -4.03. The average Bonchev–Trinajstić information content (AvgIpc) is 2.68. The van der Waals surface area contributed by atoms with Crippen molar-refractivity contribution in [2.24, 2.45) is 29.2 Å². The highest BCUT2D eigenvalue weighted by molar-refractivity contribution is 5.94. The fraction of sp³-hybridized carbons (Fsp3) is 0.783. The Labute approximate surface area is 202 Å². The molecule has 0 aliphatic rings. The molecule has 11 nitrogen and oxygen atoms in total. The van der Waals surface area contributed by atoms with Gasteiger partial charge >= 0.3 is 5.97 Å². The van der Waals surface area contributed by atoms with Crippen molar-refractivity contribution in [2.75, 3.05) is 0 Å². The molecule has 0 saturated heterocycles. The summed E-state index contributed by atoms with van der Waals surface area (Å²) in [6.45, 7) is 11.4. The number of carboxylic acids is 1. The Morgan fingerprint density at radius 3 is 1.41 bits per heavy atom. The molecule has 11 heteroatoms. The van der Waals surface area contributed by atoms with Gasteiger partial charge in [-0.05, 0) is 43.4 Å². The van der Waals surface area contributed by atoms with E-state index in [1.165, 1.54) is 0 Å². The molecule has 4 amide bonds. The number of nitrogens with two attached hydrogens (primary N) is 2. The van der Waals surface area contributed by atoms with Gasteiger partial charge in [-0.3, -0.25) is 19.2 Å². The third-order valence-corrected chi connectivity index (χ3v) is 5.04. The van der Waals surface area contributed by atoms with E-state index in [4.69, 9.17) is 11.5 Å². The SMILES string of the molecule is CC(C)CC(N)C(=O)NC(CC(C)C)C(=O)NC(CC(C)C)C(=O)NC(CCC(N)=O)C(=O)O. The zero-order chi connectivity index (χ0) is 26.6. The van der Waals surface area contributed by atoms with Crippen LogP contribution >= 0.6 is 0 Å². The summed E-state index contributed by atoms with van der Waals surface area (Å²) in [5, 5.41) is 17.1. The van der Waals surface area contributed by atoms with E-state index in [0.29, 0.717) is 12.8 Å². The van der Waals surface area contributed by atoms with Gasteiger partial charge in [0.2, 0.25) is 23.6 Å². The van der Waals surface area contributed by atoms with Crippen LogP contribution in [0.3, 0.4) is 0 Å². The Kier molecular flexibility index (Phi) is 14.1. The van der Waals surface area contributed by atoms with Crippen LogP contribution in [0.5, 0.6) is 0 Å². The summed E-state index contributed by atoms with van der Waals surface area (Å²) >= 11 is 0. The fourth-order valence-corrected chi connectivity index (χ4v) is 3.39. The van der Waals surface area contributed by atoms with E-state index in [1.807, 2.05) is 41.5 Å². The van der Waals surface area contributed by atoms with Crippen molar-refractivity contribution in [1.82, 2.24) is 16.0 Å². The Bertz CT molecular complexity index is 710. The zero-order valence-corrected chi connectivity index (χ0v) is 21.2. The molecule has 34 heavy (non-hydrogen) atoms. The molecule has 8 N–H and O–H groups in total. The van der Waals surface area contributed by atoms with Gasteiger partial charge in [-0.25, -0.2) is 4.79 Å². The van der Waals surface area contributed by atoms with Crippen LogP contribution in [0.4, 0.5) is 0 Å². The first-order valence-electron chi connectivity index (χ1n) is 11.8. The van der Waals surface area contributed by atoms with Crippen molar-refractivity contribution in [1.29, 1.82) is 0 Å². The number of aliphatic carboxylic acids is 1. The van der Waals surface area contributed by atoms with Crippen LogP contribution in [-0.2, 0) is 24.0 Å². The predicted octanol–water partition coefficient (Wildman–Crippen LogP) is 0.257. The molecule has 0 heterocycles. The second-order valence-corrected chi connectivity index (χ2v) is 10.0. The summed E-state index contributed by atoms with van der Waals surface area (Å²) < 4.78 is 0. The number of hydrogen-bond donors (Lipinski definition) is 6. The van der Waals surface area contributed by atoms with E-state index in [-0.39, 0.29) is 37.0 Å². The van der Waals surface area contributed by atoms with Gasteiger partial charge in [-0.1, -0.05) is 41.5 Å². The van der Waals surface area contributed by atoms with Crippen LogP contribution in [0, 0.1) is 17.8 Å². The molecule has 0 radical (unpaired) electrons. The summed E-state index contributed by atoms with van der Waals surface area (Å²) in [4.78, 5) is 60.9. The van der Waals surface area contributed by atoms with Gasteiger partial charge < -0.3 is 32.5 Å². The molecule has 0 aliphatic heterocycles. The van der Waals surface area contributed by atoms with Gasteiger partial charge in [0.25, 0.3) is 0 Å². The lowest BCUT2D eigenvalue weighted by molar-refractivity contribution is -0.142. The van der Waals surface area contributed by atoms with Crippen molar-refractivity contribution in [3.8, 4) is 0 Å². The minimum atomic E-state index is -1.33. The molecule has 4 atom stereocenters. The summed E-state index contributed by atoms with van der Waals surface area (Å²) in [6.07, 6.45) is 0.658. The topological polar surface area (TPSA) is 194 Å². The van der Waals surface area contributed by atoms with Gasteiger partial charge in [0.15, 0.2) is 0 Å². The highest BCUT2D eigenvalue weighted by Gasteiger charge is 2.31. The summed E-state index contributed by atoms with van der Waals surface area (Å²) in [7, 11) is 0. The molecular formula is C23H43N5O6. The van der Waals surface area contributed by atoms with Crippen LogP contribution in [-0.4, -0.2) is 58.9 Å². The highest BCUT2D eigenvalue weighted by atomic mass is 16.4. The monoisotopic (exact) mass is 485 g/mol. The number of carboxylic acid groups (broad SMARTS) is 1. The molecule has 0 saturated carbocycles. The lowest BCUT2D eigenvalue weighted by Crippen LogP contribution is -2.57. The standard InChI is InChI=1S/C23H43N5O6/c1-12(2)9-15(24)20(30)27-17(10-13(3)4)22(32)28-18(11-14(5)6)21(31)26-16(23(33)34)7-8-19(25)29/h12-18H,7-11,24H2,1-6H3,(H2,25,29)(H,26,31)(H,27,30)(H,28,32)(H,33,34). The molecule has 0 aliphatic carbocycles. The van der Waals surface area contributed by atoms with Gasteiger partial charge in [-0.15, -0.1) is 0 Å². The Morgan fingerprint density at radius 2 is 1.06 bits per heavy atom. The number of hydrogen-bond acceptors (Lipinski definition) is 6. The molecule has 0 aromatic rings. The van der Waals surface area contributed by atoms with E-state index >= 15 is 0 Å². The molecule has 0 bridgehead atoms. The van der Waals surface area contributed by atoms with Crippen LogP contribution < -0.4 is 27.4 Å². The molecular weight excluding hydrogens is 442 g/mol. The Hall–Kier alpha value is -2.69. The summed E-state index contributed by atoms with van der Waals surface area (Å²) in [5.74, 6) is -3.41. The van der Waals surface area contributed by atoms with E-state index < -0.39 is 53.8 Å². The van der Waals surface area contributed by atoms with Crippen molar-refractivity contribution in [3.05, 3.63) is 0 Å². The predicted molar refractivity (Wildman–Crippen MR) is 128 cm³/mol. The number of carbonyl (C=O) groups excluding carboxylic acids is 4. The Morgan fingerprint density at radius 1 is 0.676 bits per heavy atom. The number of amides is 4. The molecule has 0 aromatic carbocycles. The number of primary amides is 1. The van der Waals surface area contributed by atoms with E-state index in [1.54, 1.807) is 0 Å². The van der Waals surface area contributed by atoms with Crippen LogP contribution in [0.2, 0.25) is 0 Å². The molecule has 0 rings (SSSR count). The number of carbonyl (C=O) groups is 5. The van der Waals surface area contributed by atoms with Gasteiger partial charge in [0, 0.05) is 6.42 Å². The zero-order valence-electron chi connectivity index (χ0n) is 21.2. The number of rotatable bonds is 16. The van der Waals surface area contributed by atoms with Crippen LogP contribution in [0.25, 0.3) is 0 Å². The molecule has 0 spiro atoms. The maximum atomic E-state index is 13.1. The third-order valence-electron chi connectivity index (χ3n) is 5.04. The molecule has 0 fully saturated rings. The molecule has 0 aromatic heterocycles. The third kappa shape index (κ3) is 13.1. The smallest absolute Gasteiger partial charge is 0.326 e. The van der Waals surface area contributed by atoms with Crippen LogP contribution in [0.15, 0.2) is 0 Å². The largest absolute Gasteiger partial charge is 0.480 e. The lowest BCUT2D eigenvalue weighted by atomic mass is 9.98. The second kappa shape index (κ2) is 15.3. The fourth-order valence-electron chi connectivity index (χ4n) is 3.39. The first-order valence-corrected chi connectivity index (χ1v) is 11.8. The first-order chi connectivity index (χ1) is 15.6. The van der Waals surface area contributed by atoms with Gasteiger partial charge in [0.05, 0.1) is 6.04 Å². The van der Waals surface area contributed by atoms with E-state index in [9.17, 15) is 29.1 Å². The first kappa shape index (κ1) is 31.3. The number of nitrogens with one attached hydrogen (secondary N) is 3. The van der Waals surface area contributed by atoms with E-state index in [0.717, 1.165) is 0 Å². The van der Waals surface area contributed by atoms with E-state index in [2.05, 4.69) is 16.0 Å². The minimum Gasteiger partial charge on any atom is -0.480 e.